The number of aliphatic imine (C=N–C) groups is 1. The standard InChI is InChI=1S/C33H54N8O8/c1-19(2)21(29(44)41-24(31(46)48-3)17-20-11-6-5-7-12-20)18-25(42)26(27(36)32(47)49-4)28(43)23(14-8-9-15-34)40-30(45)22(35)13-10-16-39-33(37)38/h5-7,11-12,19,21-24,26-27H,8-10,13-18,34-36H2,1-4H3,(H,40,45)(H,41,44)(H4,37,38,39)/t21?,22-,23-,24-,26+,27?/m0/s1. The summed E-state index contributed by atoms with van der Waals surface area (Å²) in [7, 11) is 2.25. The number of esters is 2. The number of Topliss-reactive ketones (excluding diaryl/α,β-unsaturated/α-hetero) is 2. The number of carbonyl (C=O) groups is 6. The third-order valence-corrected chi connectivity index (χ3v) is 8.04. The van der Waals surface area contributed by atoms with Crippen LogP contribution < -0.4 is 39.3 Å². The van der Waals surface area contributed by atoms with Gasteiger partial charge in [0.1, 0.15) is 23.8 Å². The van der Waals surface area contributed by atoms with Gasteiger partial charge in [-0.2, -0.15) is 0 Å². The number of nitrogens with zero attached hydrogens (tertiary/aromatic N) is 1. The van der Waals surface area contributed by atoms with Gasteiger partial charge in [0.05, 0.1) is 26.3 Å². The molecule has 6 atom stereocenters. The van der Waals surface area contributed by atoms with Crippen LogP contribution in [0, 0.1) is 17.8 Å². The molecule has 16 heteroatoms. The van der Waals surface area contributed by atoms with Crippen molar-refractivity contribution in [2.75, 3.05) is 27.3 Å². The summed E-state index contributed by atoms with van der Waals surface area (Å²) < 4.78 is 9.66. The Morgan fingerprint density at radius 2 is 1.43 bits per heavy atom. The van der Waals surface area contributed by atoms with Gasteiger partial charge in [0.25, 0.3) is 0 Å². The number of guanidine groups is 1. The van der Waals surface area contributed by atoms with E-state index < -0.39 is 83.7 Å². The molecule has 0 aliphatic rings. The molecule has 2 unspecified atom stereocenters. The van der Waals surface area contributed by atoms with Gasteiger partial charge in [-0.05, 0) is 50.1 Å². The first-order valence-electron chi connectivity index (χ1n) is 16.3. The van der Waals surface area contributed by atoms with Gasteiger partial charge in [0.2, 0.25) is 11.8 Å². The van der Waals surface area contributed by atoms with Gasteiger partial charge >= 0.3 is 11.9 Å². The molecule has 12 N–H and O–H groups in total. The SMILES string of the molecule is COC(=O)C(N)[C@@H](C(=O)CC(C(=O)N[C@@H](Cc1ccccc1)C(=O)OC)C(C)C)C(=O)[C@H](CCCCN)NC(=O)[C@@H](N)CCCN=C(N)N. The summed E-state index contributed by atoms with van der Waals surface area (Å²) in [5, 5.41) is 5.29. The first-order chi connectivity index (χ1) is 23.2. The monoisotopic (exact) mass is 690 g/mol. The molecule has 1 aromatic carbocycles. The zero-order valence-corrected chi connectivity index (χ0v) is 28.9. The molecule has 1 aromatic rings. The molecular formula is C33H54N8O8. The number of carbonyl (C=O) groups excluding carboxylic acids is 6. The van der Waals surface area contributed by atoms with Crippen LogP contribution in [0.2, 0.25) is 0 Å². The average Bonchev–Trinajstić information content (AvgIpc) is 3.07. The van der Waals surface area contributed by atoms with E-state index in [4.69, 9.17) is 38.1 Å². The van der Waals surface area contributed by atoms with Gasteiger partial charge in [-0.3, -0.25) is 29.0 Å². The molecule has 0 fully saturated rings. The number of methoxy groups -OCH3 is 2. The van der Waals surface area contributed by atoms with Crippen LogP contribution in [-0.4, -0.2) is 92.8 Å². The predicted octanol–water partition coefficient (Wildman–Crippen LogP) is -1.20. The van der Waals surface area contributed by atoms with Crippen molar-refractivity contribution in [3.8, 4) is 0 Å². The normalized spacial score (nSPS) is 14.7. The molecule has 1 rings (SSSR count). The van der Waals surface area contributed by atoms with Gasteiger partial charge in [-0.15, -0.1) is 0 Å². The third kappa shape index (κ3) is 14.7. The summed E-state index contributed by atoms with van der Waals surface area (Å²) in [6.45, 7) is 3.95. The lowest BCUT2D eigenvalue weighted by Gasteiger charge is -2.28. The van der Waals surface area contributed by atoms with Crippen LogP contribution in [-0.2, 0) is 44.7 Å². The van der Waals surface area contributed by atoms with Gasteiger partial charge < -0.3 is 48.8 Å². The van der Waals surface area contributed by atoms with Crippen LogP contribution in [0.15, 0.2) is 35.3 Å². The molecule has 0 bridgehead atoms. The van der Waals surface area contributed by atoms with Crippen molar-refractivity contribution < 1.29 is 38.2 Å². The molecule has 0 aliphatic heterocycles. The Morgan fingerprint density at radius 3 is 1.98 bits per heavy atom. The molecular weight excluding hydrogens is 636 g/mol. The van der Waals surface area contributed by atoms with E-state index in [9.17, 15) is 28.8 Å². The van der Waals surface area contributed by atoms with Gasteiger partial charge in [0.15, 0.2) is 11.7 Å². The zero-order valence-electron chi connectivity index (χ0n) is 28.9. The molecule has 0 saturated heterocycles. The maximum atomic E-state index is 14.1. The summed E-state index contributed by atoms with van der Waals surface area (Å²) in [5.74, 6) is -8.01. The topological polar surface area (TPSA) is 287 Å². The molecule has 0 aliphatic carbocycles. The number of benzene rings is 1. The van der Waals surface area contributed by atoms with Crippen molar-refractivity contribution in [2.24, 2.45) is 51.4 Å². The minimum absolute atomic E-state index is 0.0779. The summed E-state index contributed by atoms with van der Waals surface area (Å²) >= 11 is 0. The van der Waals surface area contributed by atoms with E-state index in [1.165, 1.54) is 7.11 Å². The van der Waals surface area contributed by atoms with Crippen LogP contribution in [0.3, 0.4) is 0 Å². The number of hydrogen-bond acceptors (Lipinski definition) is 12. The van der Waals surface area contributed by atoms with E-state index in [0.29, 0.717) is 25.8 Å². The molecule has 16 nitrogen and oxygen atoms in total. The summed E-state index contributed by atoms with van der Waals surface area (Å²) in [6.07, 6.45) is 1.19. The lowest BCUT2D eigenvalue weighted by molar-refractivity contribution is -0.150. The maximum Gasteiger partial charge on any atom is 0.328 e. The minimum Gasteiger partial charge on any atom is -0.468 e. The highest BCUT2D eigenvalue weighted by Gasteiger charge is 2.43. The molecule has 0 heterocycles. The summed E-state index contributed by atoms with van der Waals surface area (Å²) in [5.41, 5.74) is 29.3. The minimum atomic E-state index is -1.77. The fraction of sp³-hybridized carbons (Fsp3) is 0.606. The van der Waals surface area contributed by atoms with E-state index in [2.05, 4.69) is 15.6 Å². The summed E-state index contributed by atoms with van der Waals surface area (Å²) in [6, 6.07) is 3.89. The van der Waals surface area contributed by atoms with E-state index in [1.807, 2.05) is 6.07 Å². The van der Waals surface area contributed by atoms with Crippen molar-refractivity contribution in [1.29, 1.82) is 0 Å². The Morgan fingerprint density at radius 1 is 0.816 bits per heavy atom. The van der Waals surface area contributed by atoms with Crippen LogP contribution >= 0.6 is 0 Å². The van der Waals surface area contributed by atoms with E-state index in [-0.39, 0.29) is 31.8 Å². The highest BCUT2D eigenvalue weighted by atomic mass is 16.5. The molecule has 0 radical (unpaired) electrons. The van der Waals surface area contributed by atoms with Crippen molar-refractivity contribution in [1.82, 2.24) is 10.6 Å². The second-order valence-corrected chi connectivity index (χ2v) is 12.1. The molecule has 2 amide bonds. The fourth-order valence-corrected chi connectivity index (χ4v) is 5.17. The number of ketones is 2. The highest BCUT2D eigenvalue weighted by Crippen LogP contribution is 2.23. The number of hydrogen-bond donors (Lipinski definition) is 7. The quantitative estimate of drug-likeness (QED) is 0.0234. The molecule has 0 aromatic heterocycles. The first kappa shape index (κ1) is 42.6. The first-order valence-corrected chi connectivity index (χ1v) is 16.3. The van der Waals surface area contributed by atoms with Crippen molar-refractivity contribution >= 4 is 41.3 Å². The molecule has 0 saturated carbocycles. The molecule has 0 spiro atoms. The Kier molecular flexibility index (Phi) is 19.4. The largest absolute Gasteiger partial charge is 0.468 e. The van der Waals surface area contributed by atoms with Gasteiger partial charge in [0, 0.05) is 25.3 Å². The predicted molar refractivity (Wildman–Crippen MR) is 183 cm³/mol. The zero-order chi connectivity index (χ0) is 37.1. The molecule has 274 valence electrons. The van der Waals surface area contributed by atoms with Crippen LogP contribution in [0.5, 0.6) is 0 Å². The number of ether oxygens (including phenoxy) is 2. The summed E-state index contributed by atoms with van der Waals surface area (Å²) in [4.78, 5) is 83.7. The Hall–Kier alpha value is -4.41. The smallest absolute Gasteiger partial charge is 0.328 e. The van der Waals surface area contributed by atoms with Crippen molar-refractivity contribution in [3.63, 3.8) is 0 Å². The average molecular weight is 691 g/mol. The highest BCUT2D eigenvalue weighted by molar-refractivity contribution is 6.10. The van der Waals surface area contributed by atoms with E-state index in [1.54, 1.807) is 38.1 Å². The Labute approximate surface area is 287 Å². The second-order valence-electron chi connectivity index (χ2n) is 12.1. The number of rotatable bonds is 23. The van der Waals surface area contributed by atoms with Crippen LogP contribution in [0.4, 0.5) is 0 Å². The number of unbranched alkanes of at least 4 members (excludes halogenated alkanes) is 1. The van der Waals surface area contributed by atoms with Crippen molar-refractivity contribution in [3.05, 3.63) is 35.9 Å². The number of nitrogens with one attached hydrogen (secondary N) is 2. The Balaban J connectivity index is 3.33. The van der Waals surface area contributed by atoms with E-state index >= 15 is 0 Å². The second kappa shape index (κ2) is 22.3. The lowest BCUT2D eigenvalue weighted by Crippen LogP contribution is -2.56. The van der Waals surface area contributed by atoms with Crippen molar-refractivity contribution in [2.45, 2.75) is 83.0 Å². The fourth-order valence-electron chi connectivity index (χ4n) is 5.17. The van der Waals surface area contributed by atoms with Gasteiger partial charge in [-0.1, -0.05) is 44.2 Å². The van der Waals surface area contributed by atoms with E-state index in [0.717, 1.165) is 12.7 Å². The molecule has 49 heavy (non-hydrogen) atoms. The number of amides is 2. The van der Waals surface area contributed by atoms with Crippen LogP contribution in [0.25, 0.3) is 0 Å². The Bertz CT molecular complexity index is 1270. The number of nitrogens with two attached hydrogens (primary N) is 5. The maximum absolute atomic E-state index is 14.1. The lowest BCUT2D eigenvalue weighted by atomic mass is 9.80. The third-order valence-electron chi connectivity index (χ3n) is 8.04. The van der Waals surface area contributed by atoms with Crippen LogP contribution in [0.1, 0.15) is 57.9 Å². The van der Waals surface area contributed by atoms with Gasteiger partial charge in [-0.25, -0.2) is 4.79 Å².